The number of fused-ring (bicyclic) bond motifs is 6. The zero-order chi connectivity index (χ0) is 29.5. The molecule has 2 aromatic heterocycles. The van der Waals surface area contributed by atoms with Gasteiger partial charge in [0.1, 0.15) is 18.0 Å². The first-order valence-electron chi connectivity index (χ1n) is 15.0. The van der Waals surface area contributed by atoms with Crippen molar-refractivity contribution < 1.29 is 25.8 Å². The fourth-order valence-corrected chi connectivity index (χ4v) is 7.38. The molecule has 5 heteroatoms. The van der Waals surface area contributed by atoms with Crippen molar-refractivity contribution in [2.45, 2.75) is 58.6 Å². The number of aromatic nitrogens is 2. The predicted molar refractivity (Wildman–Crippen MR) is 174 cm³/mol. The molecule has 3 heterocycles. The Morgan fingerprint density at radius 2 is 1.68 bits per heavy atom. The van der Waals surface area contributed by atoms with Crippen molar-refractivity contribution in [3.8, 4) is 16.9 Å². The Kier molecular flexibility index (Phi) is 6.90. The molecule has 1 aliphatic carbocycles. The number of ether oxygens (including phenoxy) is 1. The fraction of sp³-hybridized carbons (Fsp3) is 0.231. The van der Waals surface area contributed by atoms with E-state index in [0.29, 0.717) is 5.90 Å². The van der Waals surface area contributed by atoms with E-state index in [1.165, 1.54) is 27.6 Å². The van der Waals surface area contributed by atoms with E-state index in [9.17, 15) is 0 Å². The Hall–Kier alpha value is -4.01. The van der Waals surface area contributed by atoms with Crippen LogP contribution in [0.5, 0.6) is 0 Å². The number of para-hydroxylation sites is 1. The molecule has 4 aromatic carbocycles. The molecule has 0 saturated carbocycles. The number of hydrogen-bond acceptors (Lipinski definition) is 3. The molecule has 0 fully saturated rings. The van der Waals surface area contributed by atoms with Gasteiger partial charge in [-0.05, 0) is 76.8 Å². The number of benzene rings is 4. The molecule has 2 atom stereocenters. The SMILES string of the molecule is Cc1cc(C2=N[C@@H]3c4cccc(C)c4C(C)(C)C[C@@H]3O2)[c-]c(-n2c3[c-]c(-c4cc(C)ccn4)ccc3c3ccccc32)c1.[Pt+2]. The Balaban J connectivity index is 0.00000312. The largest absolute Gasteiger partial charge is 2.00 e. The minimum absolute atomic E-state index is 0. The van der Waals surface area contributed by atoms with Crippen molar-refractivity contribution in [2.24, 2.45) is 4.99 Å². The van der Waals surface area contributed by atoms with Gasteiger partial charge in [0.25, 0.3) is 0 Å². The summed E-state index contributed by atoms with van der Waals surface area (Å²) in [6.07, 6.45) is 2.81. The molecule has 0 bridgehead atoms. The topological polar surface area (TPSA) is 39.4 Å². The van der Waals surface area contributed by atoms with Crippen LogP contribution in [0.4, 0.5) is 0 Å². The van der Waals surface area contributed by atoms with Crippen LogP contribution in [0.1, 0.15) is 59.7 Å². The summed E-state index contributed by atoms with van der Waals surface area (Å²) < 4.78 is 8.94. The van der Waals surface area contributed by atoms with Crippen LogP contribution >= 0.6 is 0 Å². The molecular formula is C39H33N3OPt. The number of aryl methyl sites for hydroxylation is 3. The summed E-state index contributed by atoms with van der Waals surface area (Å²) in [5.41, 5.74) is 12.2. The Labute approximate surface area is 273 Å². The molecule has 0 N–H and O–H groups in total. The minimum atomic E-state index is 0. The third-order valence-corrected chi connectivity index (χ3v) is 9.13. The normalized spacial score (nSPS) is 18.3. The van der Waals surface area contributed by atoms with E-state index in [2.05, 4.69) is 129 Å². The molecule has 0 spiro atoms. The number of rotatable bonds is 3. The van der Waals surface area contributed by atoms with Gasteiger partial charge in [-0.1, -0.05) is 79.7 Å². The van der Waals surface area contributed by atoms with Gasteiger partial charge in [-0.25, -0.2) is 0 Å². The van der Waals surface area contributed by atoms with E-state index in [1.807, 2.05) is 12.3 Å². The number of aliphatic imine (C=N–C) groups is 1. The third-order valence-electron chi connectivity index (χ3n) is 9.13. The molecule has 0 unspecified atom stereocenters. The molecular weight excluding hydrogens is 722 g/mol. The zero-order valence-electron chi connectivity index (χ0n) is 25.5. The first-order valence-corrected chi connectivity index (χ1v) is 15.0. The Morgan fingerprint density at radius 1 is 0.841 bits per heavy atom. The van der Waals surface area contributed by atoms with Gasteiger partial charge in [0.15, 0.2) is 0 Å². The maximum Gasteiger partial charge on any atom is 2.00 e. The molecule has 0 saturated heterocycles. The van der Waals surface area contributed by atoms with Gasteiger partial charge in [-0.3, -0.25) is 4.99 Å². The van der Waals surface area contributed by atoms with Gasteiger partial charge < -0.3 is 14.3 Å². The maximum absolute atomic E-state index is 6.67. The molecule has 2 aliphatic rings. The summed E-state index contributed by atoms with van der Waals surface area (Å²) in [5, 5.41) is 2.33. The number of nitrogens with zero attached hydrogens (tertiary/aromatic N) is 3. The van der Waals surface area contributed by atoms with Crippen LogP contribution in [0.3, 0.4) is 0 Å². The van der Waals surface area contributed by atoms with E-state index in [4.69, 9.17) is 9.73 Å². The van der Waals surface area contributed by atoms with E-state index in [0.717, 1.165) is 50.9 Å². The predicted octanol–water partition coefficient (Wildman–Crippen LogP) is 8.94. The summed E-state index contributed by atoms with van der Waals surface area (Å²) in [5.74, 6) is 0.680. The Bertz CT molecular complexity index is 2120. The molecule has 1 aliphatic heterocycles. The van der Waals surface area contributed by atoms with Crippen LogP contribution in [0, 0.1) is 32.9 Å². The summed E-state index contributed by atoms with van der Waals surface area (Å²) in [7, 11) is 0. The van der Waals surface area contributed by atoms with E-state index in [-0.39, 0.29) is 38.6 Å². The standard InChI is InChI=1S/C39H33N3O.Pt/c1-23-15-16-40-32(19-23)26-13-14-30-29-10-6-7-12-33(29)42(34(30)21-26)28-18-24(2)17-27(20-28)38-41-37-31-11-8-9-25(3)36(31)39(4,5)22-35(37)43-38;/h6-19,35,37H,22H2,1-5H3;/q-2;+2/t35-,37+;/m0./s1. The number of hydrogen-bond donors (Lipinski definition) is 0. The fourth-order valence-electron chi connectivity index (χ4n) is 7.38. The van der Waals surface area contributed by atoms with Gasteiger partial charge in [0, 0.05) is 11.7 Å². The second-order valence-electron chi connectivity index (χ2n) is 12.8. The van der Waals surface area contributed by atoms with Crippen LogP contribution in [-0.4, -0.2) is 21.6 Å². The molecule has 0 amide bonds. The van der Waals surface area contributed by atoms with Crippen LogP contribution in [0.25, 0.3) is 38.8 Å². The smallest absolute Gasteiger partial charge is 0.514 e. The van der Waals surface area contributed by atoms with Crippen molar-refractivity contribution in [3.05, 3.63) is 131 Å². The monoisotopic (exact) mass is 754 g/mol. The molecule has 6 aromatic rings. The van der Waals surface area contributed by atoms with Gasteiger partial charge in [0.2, 0.25) is 0 Å². The zero-order valence-corrected chi connectivity index (χ0v) is 27.8. The molecule has 44 heavy (non-hydrogen) atoms. The van der Waals surface area contributed by atoms with Gasteiger partial charge in [-0.2, -0.15) is 0 Å². The van der Waals surface area contributed by atoms with Crippen LogP contribution in [-0.2, 0) is 31.2 Å². The summed E-state index contributed by atoms with van der Waals surface area (Å²) in [6.45, 7) is 11.1. The van der Waals surface area contributed by atoms with Crippen LogP contribution in [0.15, 0.2) is 90.1 Å². The second-order valence-corrected chi connectivity index (χ2v) is 12.8. The average molecular weight is 755 g/mol. The molecule has 220 valence electrons. The van der Waals surface area contributed by atoms with Crippen molar-refractivity contribution in [2.75, 3.05) is 0 Å². The van der Waals surface area contributed by atoms with Crippen LogP contribution in [0.2, 0.25) is 0 Å². The quantitative estimate of drug-likeness (QED) is 0.170. The van der Waals surface area contributed by atoms with Crippen molar-refractivity contribution >= 4 is 27.7 Å². The molecule has 8 rings (SSSR count). The van der Waals surface area contributed by atoms with Gasteiger partial charge >= 0.3 is 21.1 Å². The Morgan fingerprint density at radius 3 is 2.52 bits per heavy atom. The average Bonchev–Trinajstić information content (AvgIpc) is 3.55. The van der Waals surface area contributed by atoms with Crippen molar-refractivity contribution in [1.29, 1.82) is 0 Å². The van der Waals surface area contributed by atoms with Gasteiger partial charge in [-0.15, -0.1) is 47.5 Å². The maximum atomic E-state index is 6.67. The van der Waals surface area contributed by atoms with Crippen LogP contribution < -0.4 is 0 Å². The van der Waals surface area contributed by atoms with E-state index < -0.39 is 0 Å². The van der Waals surface area contributed by atoms with Crippen molar-refractivity contribution in [3.63, 3.8) is 0 Å². The van der Waals surface area contributed by atoms with Gasteiger partial charge in [0.05, 0.1) is 0 Å². The summed E-state index contributed by atoms with van der Waals surface area (Å²) >= 11 is 0. The molecule has 0 radical (unpaired) electrons. The third kappa shape index (κ3) is 4.54. The molecule has 4 nitrogen and oxygen atoms in total. The number of pyridine rings is 1. The van der Waals surface area contributed by atoms with Crippen molar-refractivity contribution in [1.82, 2.24) is 9.55 Å². The van der Waals surface area contributed by atoms with E-state index >= 15 is 0 Å². The first-order chi connectivity index (χ1) is 20.8. The summed E-state index contributed by atoms with van der Waals surface area (Å²) in [4.78, 5) is 9.86. The second kappa shape index (κ2) is 10.6. The van der Waals surface area contributed by atoms with E-state index in [1.54, 1.807) is 0 Å². The first kappa shape index (κ1) is 28.7. The summed E-state index contributed by atoms with van der Waals surface area (Å²) in [6, 6.07) is 35.3. The minimum Gasteiger partial charge on any atom is -0.514 e.